The van der Waals surface area contributed by atoms with Crippen molar-refractivity contribution in [3.8, 4) is 11.5 Å². The fourth-order valence-electron chi connectivity index (χ4n) is 4.21. The molecular formula is C19H23N3O4. The maximum atomic E-state index is 12.9. The molecule has 1 aromatic heterocycles. The molecule has 1 aromatic carbocycles. The molecule has 0 bridgehead atoms. The van der Waals surface area contributed by atoms with Crippen LogP contribution in [0.1, 0.15) is 6.42 Å². The number of ether oxygens (including phenoxy) is 2. The zero-order valence-corrected chi connectivity index (χ0v) is 15.0. The van der Waals surface area contributed by atoms with Crippen molar-refractivity contribution in [2.24, 2.45) is 5.92 Å². The van der Waals surface area contributed by atoms with E-state index in [2.05, 4.69) is 5.32 Å². The number of nitrogens with zero attached hydrogens (tertiary/aromatic N) is 2. The third kappa shape index (κ3) is 2.63. The molecule has 1 amide bonds. The third-order valence-electron chi connectivity index (χ3n) is 5.57. The lowest BCUT2D eigenvalue weighted by molar-refractivity contribution is -0.132. The van der Waals surface area contributed by atoms with E-state index in [1.807, 2.05) is 4.90 Å². The first-order chi connectivity index (χ1) is 12.6. The number of pyridine rings is 1. The Morgan fingerprint density at radius 3 is 2.81 bits per heavy atom. The Kier molecular flexibility index (Phi) is 4.32. The molecule has 2 fully saturated rings. The van der Waals surface area contributed by atoms with Gasteiger partial charge in [-0.3, -0.25) is 9.59 Å². The predicted octanol–water partition coefficient (Wildman–Crippen LogP) is 0.839. The highest BCUT2D eigenvalue weighted by atomic mass is 16.5. The number of benzene rings is 1. The van der Waals surface area contributed by atoms with Crippen LogP contribution in [0, 0.1) is 5.92 Å². The van der Waals surface area contributed by atoms with Crippen molar-refractivity contribution in [2.75, 3.05) is 33.9 Å². The van der Waals surface area contributed by atoms with E-state index >= 15 is 0 Å². The van der Waals surface area contributed by atoms with E-state index in [0.29, 0.717) is 28.2 Å². The van der Waals surface area contributed by atoms with Crippen molar-refractivity contribution in [3.05, 3.63) is 34.7 Å². The van der Waals surface area contributed by atoms with Crippen molar-refractivity contribution in [2.45, 2.75) is 19.0 Å². The fraction of sp³-hybridized carbons (Fsp3) is 0.474. The van der Waals surface area contributed by atoms with Gasteiger partial charge < -0.3 is 24.3 Å². The number of hydrogen-bond donors (Lipinski definition) is 1. The highest BCUT2D eigenvalue weighted by molar-refractivity contribution is 5.90. The molecule has 0 aliphatic carbocycles. The van der Waals surface area contributed by atoms with Gasteiger partial charge in [0, 0.05) is 37.3 Å². The van der Waals surface area contributed by atoms with E-state index in [1.54, 1.807) is 38.6 Å². The molecule has 26 heavy (non-hydrogen) atoms. The van der Waals surface area contributed by atoms with Crippen LogP contribution >= 0.6 is 0 Å². The summed E-state index contributed by atoms with van der Waals surface area (Å²) in [5.74, 6) is 1.65. The van der Waals surface area contributed by atoms with Crippen LogP contribution in [0.3, 0.4) is 0 Å². The number of carbonyl (C=O) groups is 1. The Hall–Kier alpha value is -2.54. The van der Waals surface area contributed by atoms with Gasteiger partial charge in [0.15, 0.2) is 11.5 Å². The van der Waals surface area contributed by atoms with E-state index < -0.39 is 0 Å². The Morgan fingerprint density at radius 1 is 1.19 bits per heavy atom. The lowest BCUT2D eigenvalue weighted by Gasteiger charge is -2.24. The Balaban J connectivity index is 1.64. The normalized spacial score (nSPS) is 21.8. The first-order valence-electron chi connectivity index (χ1n) is 8.88. The summed E-state index contributed by atoms with van der Waals surface area (Å²) in [7, 11) is 3.11. The largest absolute Gasteiger partial charge is 0.493 e. The summed E-state index contributed by atoms with van der Waals surface area (Å²) in [4.78, 5) is 27.5. The van der Waals surface area contributed by atoms with Gasteiger partial charge in [-0.25, -0.2) is 0 Å². The Bertz CT molecular complexity index is 908. The highest BCUT2D eigenvalue weighted by Crippen LogP contribution is 2.34. The molecule has 1 N–H and O–H groups in total. The maximum Gasteiger partial charge on any atom is 0.259 e. The quantitative estimate of drug-likeness (QED) is 0.878. The summed E-state index contributed by atoms with van der Waals surface area (Å²) in [5, 5.41) is 4.54. The van der Waals surface area contributed by atoms with Crippen molar-refractivity contribution >= 4 is 16.7 Å². The number of nitrogens with one attached hydrogen (secondary N) is 1. The molecule has 138 valence electrons. The molecule has 2 atom stereocenters. The molecule has 2 aromatic rings. The summed E-state index contributed by atoms with van der Waals surface area (Å²) < 4.78 is 12.2. The van der Waals surface area contributed by atoms with Crippen molar-refractivity contribution in [1.29, 1.82) is 0 Å². The monoisotopic (exact) mass is 357 g/mol. The number of methoxy groups -OCH3 is 2. The number of aromatic nitrogens is 1. The molecular weight excluding hydrogens is 334 g/mol. The number of hydrogen-bond acceptors (Lipinski definition) is 5. The molecule has 2 saturated heterocycles. The summed E-state index contributed by atoms with van der Waals surface area (Å²) >= 11 is 0. The van der Waals surface area contributed by atoms with Gasteiger partial charge >= 0.3 is 0 Å². The van der Waals surface area contributed by atoms with Crippen molar-refractivity contribution < 1.29 is 14.3 Å². The Labute approximate surface area is 151 Å². The van der Waals surface area contributed by atoms with Crippen LogP contribution in [-0.4, -0.2) is 55.3 Å². The number of likely N-dealkylation sites (tertiary alicyclic amines) is 1. The van der Waals surface area contributed by atoms with Crippen LogP contribution in [0.15, 0.2) is 29.2 Å². The van der Waals surface area contributed by atoms with Crippen LogP contribution < -0.4 is 20.3 Å². The number of fused-ring (bicyclic) bond motifs is 2. The Morgan fingerprint density at radius 2 is 2.04 bits per heavy atom. The van der Waals surface area contributed by atoms with Gasteiger partial charge in [-0.1, -0.05) is 0 Å². The van der Waals surface area contributed by atoms with Crippen LogP contribution in [0.2, 0.25) is 0 Å². The molecule has 7 nitrogen and oxygen atoms in total. The lowest BCUT2D eigenvalue weighted by atomic mass is 10.1. The van der Waals surface area contributed by atoms with Gasteiger partial charge in [-0.2, -0.15) is 0 Å². The zero-order valence-electron chi connectivity index (χ0n) is 15.0. The fourth-order valence-corrected chi connectivity index (χ4v) is 4.21. The van der Waals surface area contributed by atoms with Crippen LogP contribution in [-0.2, 0) is 11.3 Å². The second-order valence-electron chi connectivity index (χ2n) is 6.87. The first kappa shape index (κ1) is 16.9. The molecule has 0 radical (unpaired) electrons. The molecule has 7 heteroatoms. The van der Waals surface area contributed by atoms with Crippen LogP contribution in [0.4, 0.5) is 0 Å². The van der Waals surface area contributed by atoms with E-state index in [0.717, 1.165) is 26.1 Å². The molecule has 0 saturated carbocycles. The summed E-state index contributed by atoms with van der Waals surface area (Å²) in [6, 6.07) is 5.49. The van der Waals surface area contributed by atoms with Gasteiger partial charge in [0.05, 0.1) is 19.6 Å². The van der Waals surface area contributed by atoms with E-state index in [1.165, 1.54) is 4.57 Å². The van der Waals surface area contributed by atoms with Gasteiger partial charge in [-0.15, -0.1) is 0 Å². The molecule has 4 rings (SSSR count). The molecule has 3 heterocycles. The SMILES string of the molecule is COc1ccc2c(=O)n(CC(=O)N3CC[C@H]4CNC[C@H]43)ccc2c1OC. The minimum absolute atomic E-state index is 0.00290. The highest BCUT2D eigenvalue weighted by Gasteiger charge is 2.39. The summed E-state index contributed by atoms with van der Waals surface area (Å²) in [6.07, 6.45) is 2.69. The number of carbonyl (C=O) groups excluding carboxylic acids is 1. The predicted molar refractivity (Wildman–Crippen MR) is 97.8 cm³/mol. The first-order valence-corrected chi connectivity index (χ1v) is 8.88. The molecule has 2 aliphatic rings. The maximum absolute atomic E-state index is 12.9. The second kappa shape index (κ2) is 6.64. The molecule has 0 unspecified atom stereocenters. The minimum atomic E-state index is -0.197. The zero-order chi connectivity index (χ0) is 18.3. The van der Waals surface area contributed by atoms with Gasteiger partial charge in [-0.05, 0) is 30.5 Å². The molecule has 0 spiro atoms. The van der Waals surface area contributed by atoms with E-state index in [4.69, 9.17) is 9.47 Å². The van der Waals surface area contributed by atoms with Crippen LogP contribution in [0.25, 0.3) is 10.8 Å². The average Bonchev–Trinajstić information content (AvgIpc) is 3.26. The number of amides is 1. The van der Waals surface area contributed by atoms with Crippen LogP contribution in [0.5, 0.6) is 11.5 Å². The van der Waals surface area contributed by atoms with Gasteiger partial charge in [0.25, 0.3) is 5.56 Å². The second-order valence-corrected chi connectivity index (χ2v) is 6.87. The lowest BCUT2D eigenvalue weighted by Crippen LogP contribution is -2.42. The molecule has 2 aliphatic heterocycles. The average molecular weight is 357 g/mol. The van der Waals surface area contributed by atoms with Gasteiger partial charge in [0.1, 0.15) is 6.54 Å². The van der Waals surface area contributed by atoms with Crippen molar-refractivity contribution in [1.82, 2.24) is 14.8 Å². The summed E-state index contributed by atoms with van der Waals surface area (Å²) in [5.41, 5.74) is -0.197. The van der Waals surface area contributed by atoms with Crippen molar-refractivity contribution in [3.63, 3.8) is 0 Å². The smallest absolute Gasteiger partial charge is 0.259 e. The minimum Gasteiger partial charge on any atom is -0.493 e. The van der Waals surface area contributed by atoms with Gasteiger partial charge in [0.2, 0.25) is 5.91 Å². The van der Waals surface area contributed by atoms with E-state index in [9.17, 15) is 9.59 Å². The van der Waals surface area contributed by atoms with E-state index in [-0.39, 0.29) is 24.1 Å². The topological polar surface area (TPSA) is 72.8 Å². The third-order valence-corrected chi connectivity index (χ3v) is 5.57. The summed E-state index contributed by atoms with van der Waals surface area (Å²) in [6.45, 7) is 2.67. The standard InChI is InChI=1S/C19H23N3O4/c1-25-16-4-3-14-13(18(16)26-2)6-7-21(19(14)24)11-17(23)22-8-5-12-9-20-10-15(12)22/h3-4,6-7,12,15,20H,5,8-11H2,1-2H3/t12-,15+/m0/s1. The number of rotatable bonds is 4.